The summed E-state index contributed by atoms with van der Waals surface area (Å²) in [6.45, 7) is 9.21. The van der Waals surface area contributed by atoms with Crippen LogP contribution in [0.25, 0.3) is 5.65 Å². The summed E-state index contributed by atoms with van der Waals surface area (Å²) in [6.07, 6.45) is 1.87. The minimum Gasteiger partial charge on any atom is -0.494 e. The molecule has 0 atom stereocenters. The maximum Gasteiger partial charge on any atom is 0.220 e. The summed E-state index contributed by atoms with van der Waals surface area (Å²) < 4.78 is 7.56. The van der Waals surface area contributed by atoms with E-state index < -0.39 is 0 Å². The normalized spacial score (nSPS) is 11.0. The number of aromatic nitrogens is 3. The SMILES string of the molecule is Cc1cccc(OCCCNC(=O)CCc2c(C)nc3cc(C)nn3c2C)c1. The zero-order valence-electron chi connectivity index (χ0n) is 17.1. The number of carbonyl (C=O) groups is 1. The van der Waals surface area contributed by atoms with Crippen molar-refractivity contribution in [1.29, 1.82) is 0 Å². The summed E-state index contributed by atoms with van der Waals surface area (Å²) in [5, 5.41) is 7.45. The van der Waals surface area contributed by atoms with E-state index in [2.05, 4.69) is 15.4 Å². The van der Waals surface area contributed by atoms with Gasteiger partial charge in [-0.15, -0.1) is 0 Å². The van der Waals surface area contributed by atoms with E-state index in [4.69, 9.17) is 4.74 Å². The van der Waals surface area contributed by atoms with Gasteiger partial charge in [0.1, 0.15) is 5.75 Å². The third-order valence-electron chi connectivity index (χ3n) is 4.79. The van der Waals surface area contributed by atoms with Crippen LogP contribution < -0.4 is 10.1 Å². The summed E-state index contributed by atoms with van der Waals surface area (Å²) in [7, 11) is 0. The first-order chi connectivity index (χ1) is 13.4. The van der Waals surface area contributed by atoms with Gasteiger partial charge in [0, 0.05) is 30.4 Å². The van der Waals surface area contributed by atoms with Crippen LogP contribution in [0.5, 0.6) is 5.75 Å². The largest absolute Gasteiger partial charge is 0.494 e. The molecule has 0 aliphatic rings. The van der Waals surface area contributed by atoms with E-state index in [0.717, 1.165) is 40.5 Å². The van der Waals surface area contributed by atoms with Crippen molar-refractivity contribution >= 4 is 11.6 Å². The molecule has 0 fully saturated rings. The van der Waals surface area contributed by atoms with Gasteiger partial charge in [-0.3, -0.25) is 4.79 Å². The molecule has 148 valence electrons. The zero-order valence-corrected chi connectivity index (χ0v) is 17.1. The Kier molecular flexibility index (Phi) is 6.29. The first-order valence-corrected chi connectivity index (χ1v) is 9.72. The average Bonchev–Trinajstić information content (AvgIpc) is 3.01. The molecule has 1 N–H and O–H groups in total. The Morgan fingerprint density at radius 2 is 2.00 bits per heavy atom. The van der Waals surface area contributed by atoms with E-state index in [-0.39, 0.29) is 5.91 Å². The molecule has 0 saturated carbocycles. The number of hydrogen-bond acceptors (Lipinski definition) is 4. The highest BCUT2D eigenvalue weighted by Gasteiger charge is 2.12. The van der Waals surface area contributed by atoms with Gasteiger partial charge < -0.3 is 10.1 Å². The van der Waals surface area contributed by atoms with Crippen LogP contribution in [0.15, 0.2) is 30.3 Å². The van der Waals surface area contributed by atoms with Gasteiger partial charge in [0.2, 0.25) is 5.91 Å². The van der Waals surface area contributed by atoms with Crippen molar-refractivity contribution in [3.63, 3.8) is 0 Å². The van der Waals surface area contributed by atoms with Crippen LogP contribution in [0.3, 0.4) is 0 Å². The number of rotatable bonds is 8. The van der Waals surface area contributed by atoms with Crippen LogP contribution in [0.2, 0.25) is 0 Å². The fourth-order valence-electron chi connectivity index (χ4n) is 3.33. The summed E-state index contributed by atoms with van der Waals surface area (Å²) in [5.74, 6) is 0.917. The molecule has 0 spiro atoms. The number of fused-ring (bicyclic) bond motifs is 1. The van der Waals surface area contributed by atoms with Gasteiger partial charge >= 0.3 is 0 Å². The van der Waals surface area contributed by atoms with Crippen LogP contribution >= 0.6 is 0 Å². The maximum absolute atomic E-state index is 12.2. The highest BCUT2D eigenvalue weighted by atomic mass is 16.5. The van der Waals surface area contributed by atoms with Crippen LogP contribution in [-0.4, -0.2) is 33.7 Å². The summed E-state index contributed by atoms with van der Waals surface area (Å²) in [4.78, 5) is 16.8. The molecular weight excluding hydrogens is 352 g/mol. The van der Waals surface area contributed by atoms with Crippen molar-refractivity contribution < 1.29 is 9.53 Å². The third-order valence-corrected chi connectivity index (χ3v) is 4.79. The highest BCUT2D eigenvalue weighted by molar-refractivity contribution is 5.76. The van der Waals surface area contributed by atoms with Crippen LogP contribution in [0.4, 0.5) is 0 Å². The van der Waals surface area contributed by atoms with Gasteiger partial charge in [-0.2, -0.15) is 5.10 Å². The first kappa shape index (κ1) is 19.9. The number of hydrogen-bond donors (Lipinski definition) is 1. The minimum atomic E-state index is 0.0473. The van der Waals surface area contributed by atoms with Gasteiger partial charge in [-0.05, 0) is 63.8 Å². The molecule has 28 heavy (non-hydrogen) atoms. The van der Waals surface area contributed by atoms with Gasteiger partial charge in [0.05, 0.1) is 12.3 Å². The van der Waals surface area contributed by atoms with Crippen LogP contribution in [0, 0.1) is 27.7 Å². The van der Waals surface area contributed by atoms with E-state index in [0.29, 0.717) is 26.0 Å². The molecule has 0 bridgehead atoms. The van der Waals surface area contributed by atoms with Crippen LogP contribution in [-0.2, 0) is 11.2 Å². The Morgan fingerprint density at radius 3 is 2.79 bits per heavy atom. The molecule has 1 amide bonds. The molecule has 6 nitrogen and oxygen atoms in total. The average molecular weight is 380 g/mol. The van der Waals surface area contributed by atoms with Gasteiger partial charge in [-0.25, -0.2) is 9.50 Å². The van der Waals surface area contributed by atoms with E-state index in [1.807, 2.05) is 62.5 Å². The number of ether oxygens (including phenoxy) is 1. The molecule has 0 aliphatic heterocycles. The smallest absolute Gasteiger partial charge is 0.220 e. The Bertz CT molecular complexity index is 978. The molecule has 0 radical (unpaired) electrons. The Balaban J connectivity index is 1.44. The lowest BCUT2D eigenvalue weighted by molar-refractivity contribution is -0.121. The second kappa shape index (κ2) is 8.87. The van der Waals surface area contributed by atoms with E-state index in [1.54, 1.807) is 0 Å². The molecule has 2 aromatic heterocycles. The van der Waals surface area contributed by atoms with E-state index in [1.165, 1.54) is 5.56 Å². The lowest BCUT2D eigenvalue weighted by Crippen LogP contribution is -2.26. The fraction of sp³-hybridized carbons (Fsp3) is 0.409. The number of nitrogens with one attached hydrogen (secondary N) is 1. The standard InChI is InChI=1S/C22H28N4O2/c1-15-7-5-8-19(13-15)28-12-6-11-23-22(27)10-9-20-17(3)24-21-14-16(2)25-26(21)18(20)4/h5,7-8,13-14H,6,9-12H2,1-4H3,(H,23,27). The number of benzene rings is 1. The molecule has 1 aromatic carbocycles. The summed E-state index contributed by atoms with van der Waals surface area (Å²) in [6, 6.07) is 9.94. The van der Waals surface area contributed by atoms with Crippen molar-refractivity contribution in [2.75, 3.05) is 13.2 Å². The number of carbonyl (C=O) groups excluding carboxylic acids is 1. The molecule has 2 heterocycles. The molecule has 0 aliphatic carbocycles. The van der Waals surface area contributed by atoms with Gasteiger partial charge in [-0.1, -0.05) is 12.1 Å². The second-order valence-electron chi connectivity index (χ2n) is 7.19. The van der Waals surface area contributed by atoms with Gasteiger partial charge in [0.25, 0.3) is 0 Å². The van der Waals surface area contributed by atoms with Crippen molar-refractivity contribution in [2.24, 2.45) is 0 Å². The van der Waals surface area contributed by atoms with Gasteiger partial charge in [0.15, 0.2) is 5.65 Å². The Hall–Kier alpha value is -2.89. The highest BCUT2D eigenvalue weighted by Crippen LogP contribution is 2.17. The molecule has 3 rings (SSSR count). The van der Waals surface area contributed by atoms with E-state index in [9.17, 15) is 4.79 Å². The number of amides is 1. The van der Waals surface area contributed by atoms with E-state index >= 15 is 0 Å². The molecule has 0 unspecified atom stereocenters. The van der Waals surface area contributed by atoms with Crippen molar-refractivity contribution in [3.8, 4) is 5.75 Å². The molecule has 6 heteroatoms. The second-order valence-corrected chi connectivity index (χ2v) is 7.19. The zero-order chi connectivity index (χ0) is 20.1. The third kappa shape index (κ3) is 4.88. The topological polar surface area (TPSA) is 68.5 Å². The quantitative estimate of drug-likeness (QED) is 0.608. The Labute approximate surface area is 165 Å². The first-order valence-electron chi connectivity index (χ1n) is 9.72. The summed E-state index contributed by atoms with van der Waals surface area (Å²) >= 11 is 0. The number of aryl methyl sites for hydroxylation is 4. The Morgan fingerprint density at radius 1 is 1.18 bits per heavy atom. The fourth-order valence-corrected chi connectivity index (χ4v) is 3.33. The summed E-state index contributed by atoms with van der Waals surface area (Å²) in [5.41, 5.74) is 6.08. The molecular formula is C22H28N4O2. The predicted octanol–water partition coefficient (Wildman–Crippen LogP) is 3.48. The van der Waals surface area contributed by atoms with Crippen molar-refractivity contribution in [3.05, 3.63) is 58.5 Å². The maximum atomic E-state index is 12.2. The monoisotopic (exact) mass is 380 g/mol. The lowest BCUT2D eigenvalue weighted by atomic mass is 10.1. The minimum absolute atomic E-state index is 0.0473. The number of nitrogens with zero attached hydrogens (tertiary/aromatic N) is 3. The molecule has 3 aromatic rings. The lowest BCUT2D eigenvalue weighted by Gasteiger charge is -2.11. The molecule has 0 saturated heterocycles. The van der Waals surface area contributed by atoms with Crippen LogP contribution in [0.1, 0.15) is 41.1 Å². The predicted molar refractivity (Wildman–Crippen MR) is 110 cm³/mol. The van der Waals surface area contributed by atoms with Crippen molar-refractivity contribution in [2.45, 2.75) is 47.0 Å². The van der Waals surface area contributed by atoms with Crippen molar-refractivity contribution in [1.82, 2.24) is 19.9 Å².